The Morgan fingerprint density at radius 3 is 2.42 bits per heavy atom. The minimum Gasteiger partial charge on any atom is -0.357 e. The second-order valence-electron chi connectivity index (χ2n) is 5.91. The molecule has 0 saturated carbocycles. The zero-order valence-electron chi connectivity index (χ0n) is 14.5. The lowest BCUT2D eigenvalue weighted by Crippen LogP contribution is -2.47. The topological polar surface area (TPSA) is 83.6 Å². The largest absolute Gasteiger partial charge is 0.357 e. The normalized spacial score (nSPS) is 11.7. The van der Waals surface area contributed by atoms with Crippen molar-refractivity contribution >= 4 is 24.4 Å². The maximum absolute atomic E-state index is 12.7. The van der Waals surface area contributed by atoms with E-state index >= 15 is 0 Å². The van der Waals surface area contributed by atoms with E-state index in [9.17, 15) is 19.2 Å². The fourth-order valence-corrected chi connectivity index (χ4v) is 2.46. The first-order valence-corrected chi connectivity index (χ1v) is 7.88. The summed E-state index contributed by atoms with van der Waals surface area (Å²) in [6.07, 6.45) is 1.75. The Labute approximate surface area is 142 Å². The molecule has 0 aliphatic carbocycles. The van der Waals surface area contributed by atoms with Crippen molar-refractivity contribution in [1.29, 1.82) is 0 Å². The summed E-state index contributed by atoms with van der Waals surface area (Å²) in [5.41, 5.74) is 1.50. The van der Waals surface area contributed by atoms with Gasteiger partial charge in [-0.25, -0.2) is 0 Å². The van der Waals surface area contributed by atoms with E-state index in [1.54, 1.807) is 18.2 Å². The molecule has 1 atom stereocenters. The Morgan fingerprint density at radius 1 is 1.25 bits per heavy atom. The zero-order chi connectivity index (χ0) is 18.3. The number of nitrogens with one attached hydrogen (secondary N) is 1. The highest BCUT2D eigenvalue weighted by molar-refractivity contribution is 6.03. The van der Waals surface area contributed by atoms with E-state index in [1.807, 2.05) is 13.8 Å². The summed E-state index contributed by atoms with van der Waals surface area (Å²) >= 11 is 0. The molecule has 1 unspecified atom stereocenters. The third kappa shape index (κ3) is 4.50. The van der Waals surface area contributed by atoms with Crippen molar-refractivity contribution in [3.8, 4) is 0 Å². The molecule has 0 spiro atoms. The molecule has 24 heavy (non-hydrogen) atoms. The highest BCUT2D eigenvalue weighted by Gasteiger charge is 2.27. The molecule has 1 N–H and O–H groups in total. The number of benzene rings is 1. The average Bonchev–Trinajstić information content (AvgIpc) is 2.60. The monoisotopic (exact) mass is 332 g/mol. The summed E-state index contributed by atoms with van der Waals surface area (Å²) < 4.78 is 0. The molecule has 0 aromatic heterocycles. The molecule has 0 aliphatic heterocycles. The van der Waals surface area contributed by atoms with Gasteiger partial charge in [-0.3, -0.25) is 14.4 Å². The molecule has 1 rings (SSSR count). The van der Waals surface area contributed by atoms with Crippen LogP contribution in [0.3, 0.4) is 0 Å². The first kappa shape index (κ1) is 19.5. The highest BCUT2D eigenvalue weighted by Crippen LogP contribution is 2.20. The molecular formula is C18H24N2O4. The smallest absolute Gasteiger partial charge is 0.255 e. The van der Waals surface area contributed by atoms with E-state index in [0.29, 0.717) is 18.1 Å². The van der Waals surface area contributed by atoms with Crippen molar-refractivity contribution < 1.29 is 19.2 Å². The van der Waals surface area contributed by atoms with Gasteiger partial charge in [0.25, 0.3) is 5.91 Å². The number of nitrogens with zero attached hydrogens (tertiary/aromatic N) is 1. The van der Waals surface area contributed by atoms with Crippen LogP contribution in [0.4, 0.5) is 0 Å². The highest BCUT2D eigenvalue weighted by atomic mass is 16.2. The molecule has 0 bridgehead atoms. The maximum Gasteiger partial charge on any atom is 0.255 e. The van der Waals surface area contributed by atoms with Crippen molar-refractivity contribution in [3.63, 3.8) is 0 Å². The van der Waals surface area contributed by atoms with Crippen LogP contribution in [-0.2, 0) is 9.59 Å². The molecule has 0 fully saturated rings. The summed E-state index contributed by atoms with van der Waals surface area (Å²) in [6.45, 7) is 4.00. The first-order valence-electron chi connectivity index (χ1n) is 7.88. The summed E-state index contributed by atoms with van der Waals surface area (Å²) in [5, 5.41) is 2.50. The molecule has 0 radical (unpaired) electrons. The molecule has 6 nitrogen and oxygen atoms in total. The van der Waals surface area contributed by atoms with Gasteiger partial charge < -0.3 is 15.0 Å². The van der Waals surface area contributed by atoms with Crippen LogP contribution < -0.4 is 5.32 Å². The van der Waals surface area contributed by atoms with Gasteiger partial charge in [-0.15, -0.1) is 0 Å². The van der Waals surface area contributed by atoms with E-state index < -0.39 is 11.9 Å². The van der Waals surface area contributed by atoms with Crippen molar-refractivity contribution in [2.75, 3.05) is 14.1 Å². The number of carbonyl (C=O) groups excluding carboxylic acids is 4. The SMILES string of the molecule is CNC(=O)C(CCC=O)N(C)C(=O)c1ccc(C(C)C)cc1C=O. The van der Waals surface area contributed by atoms with Gasteiger partial charge in [0.1, 0.15) is 12.3 Å². The van der Waals surface area contributed by atoms with Crippen molar-refractivity contribution in [3.05, 3.63) is 34.9 Å². The van der Waals surface area contributed by atoms with E-state index in [1.165, 1.54) is 19.0 Å². The van der Waals surface area contributed by atoms with Crippen LogP contribution in [0.25, 0.3) is 0 Å². The Morgan fingerprint density at radius 2 is 1.92 bits per heavy atom. The van der Waals surface area contributed by atoms with Gasteiger partial charge in [0, 0.05) is 26.1 Å². The molecule has 6 heteroatoms. The first-order chi connectivity index (χ1) is 11.4. The summed E-state index contributed by atoms with van der Waals surface area (Å²) in [4.78, 5) is 48.0. The predicted octanol–water partition coefficient (Wildman–Crippen LogP) is 1.79. The van der Waals surface area contributed by atoms with Crippen LogP contribution in [0.1, 0.15) is 58.9 Å². The lowest BCUT2D eigenvalue weighted by Gasteiger charge is -2.27. The Bertz CT molecular complexity index is 625. The number of aldehydes is 2. The molecule has 1 aromatic rings. The Hall–Kier alpha value is -2.50. The van der Waals surface area contributed by atoms with Crippen molar-refractivity contribution in [1.82, 2.24) is 10.2 Å². The minimum atomic E-state index is -0.767. The summed E-state index contributed by atoms with van der Waals surface area (Å²) in [6, 6.07) is 4.34. The van der Waals surface area contributed by atoms with Crippen LogP contribution >= 0.6 is 0 Å². The fraction of sp³-hybridized carbons (Fsp3) is 0.444. The number of hydrogen-bond acceptors (Lipinski definition) is 4. The van der Waals surface area contributed by atoms with Crippen LogP contribution in [0, 0.1) is 0 Å². The number of rotatable bonds is 8. The fourth-order valence-electron chi connectivity index (χ4n) is 2.46. The van der Waals surface area contributed by atoms with Gasteiger partial charge in [-0.1, -0.05) is 19.9 Å². The number of likely N-dealkylation sites (N-methyl/N-ethyl adjacent to an activating group) is 2. The zero-order valence-corrected chi connectivity index (χ0v) is 14.5. The van der Waals surface area contributed by atoms with Crippen LogP contribution in [0.2, 0.25) is 0 Å². The quantitative estimate of drug-likeness (QED) is 0.736. The van der Waals surface area contributed by atoms with E-state index in [2.05, 4.69) is 5.32 Å². The molecule has 0 saturated heterocycles. The Balaban J connectivity index is 3.15. The molecule has 130 valence electrons. The standard InChI is InChI=1S/C18H24N2O4/c1-12(2)13-7-8-15(14(10-13)11-22)18(24)20(4)16(6-5-9-21)17(23)19-3/h7-12,16H,5-6H2,1-4H3,(H,19,23). The predicted molar refractivity (Wildman–Crippen MR) is 91.2 cm³/mol. The third-order valence-corrected chi connectivity index (χ3v) is 3.99. The van der Waals surface area contributed by atoms with Gasteiger partial charge in [0.15, 0.2) is 6.29 Å². The Kier molecular flexibility index (Phi) is 7.30. The second kappa shape index (κ2) is 8.96. The van der Waals surface area contributed by atoms with Gasteiger partial charge in [-0.2, -0.15) is 0 Å². The lowest BCUT2D eigenvalue weighted by atomic mass is 9.97. The number of hydrogen-bond donors (Lipinski definition) is 1. The molecule has 1 aromatic carbocycles. The number of amides is 2. The third-order valence-electron chi connectivity index (χ3n) is 3.99. The van der Waals surface area contributed by atoms with E-state index in [4.69, 9.17) is 0 Å². The number of carbonyl (C=O) groups is 4. The van der Waals surface area contributed by atoms with Gasteiger partial charge in [-0.05, 0) is 30.0 Å². The molecular weight excluding hydrogens is 308 g/mol. The average molecular weight is 332 g/mol. The van der Waals surface area contributed by atoms with E-state index in [0.717, 1.165) is 5.56 Å². The van der Waals surface area contributed by atoms with E-state index in [-0.39, 0.29) is 30.2 Å². The maximum atomic E-state index is 12.7. The lowest BCUT2D eigenvalue weighted by molar-refractivity contribution is -0.125. The summed E-state index contributed by atoms with van der Waals surface area (Å²) in [5.74, 6) is -0.539. The van der Waals surface area contributed by atoms with Crippen LogP contribution in [0.5, 0.6) is 0 Å². The van der Waals surface area contributed by atoms with Crippen molar-refractivity contribution in [2.24, 2.45) is 0 Å². The van der Waals surface area contributed by atoms with Gasteiger partial charge in [0.05, 0.1) is 5.56 Å². The minimum absolute atomic E-state index is 0.169. The van der Waals surface area contributed by atoms with Crippen LogP contribution in [-0.4, -0.2) is 49.4 Å². The van der Waals surface area contributed by atoms with Gasteiger partial charge >= 0.3 is 0 Å². The molecule has 0 heterocycles. The molecule has 0 aliphatic rings. The van der Waals surface area contributed by atoms with Crippen molar-refractivity contribution in [2.45, 2.75) is 38.6 Å². The second-order valence-corrected chi connectivity index (χ2v) is 5.91. The summed E-state index contributed by atoms with van der Waals surface area (Å²) in [7, 11) is 2.97. The molecule has 2 amide bonds. The van der Waals surface area contributed by atoms with Gasteiger partial charge in [0.2, 0.25) is 5.91 Å². The van der Waals surface area contributed by atoms with Crippen LogP contribution in [0.15, 0.2) is 18.2 Å².